The zero-order valence-electron chi connectivity index (χ0n) is 17.1. The fourth-order valence-corrected chi connectivity index (χ4v) is 4.92. The van der Waals surface area contributed by atoms with Gasteiger partial charge < -0.3 is 10.5 Å². The van der Waals surface area contributed by atoms with E-state index in [1.807, 2.05) is 13.1 Å². The first-order chi connectivity index (χ1) is 12.6. The van der Waals surface area contributed by atoms with E-state index in [4.69, 9.17) is 5.21 Å². The second-order valence-corrected chi connectivity index (χ2v) is 9.75. The topological polar surface area (TPSA) is 44.6 Å². The molecular weight excluding hydrogens is 400 g/mol. The molecule has 27 heavy (non-hydrogen) atoms. The predicted octanol–water partition coefficient (Wildman–Crippen LogP) is 6.62. The van der Waals surface area contributed by atoms with E-state index in [-0.39, 0.29) is 10.8 Å². The fourth-order valence-electron chi connectivity index (χ4n) is 4.25. The smallest absolute Gasteiger partial charge is 0.0734 e. The summed E-state index contributed by atoms with van der Waals surface area (Å²) in [6.45, 7) is 11.6. The molecule has 1 aliphatic rings. The molecule has 2 aromatic rings. The second kappa shape index (κ2) is 6.97. The van der Waals surface area contributed by atoms with Gasteiger partial charge in [0.25, 0.3) is 0 Å². The average Bonchev–Trinajstić information content (AvgIpc) is 2.59. The summed E-state index contributed by atoms with van der Waals surface area (Å²) in [4.78, 5) is 0. The maximum Gasteiger partial charge on any atom is 0.0734 e. The molecule has 0 heterocycles. The molecule has 1 aliphatic carbocycles. The zero-order chi connectivity index (χ0) is 20.0. The van der Waals surface area contributed by atoms with Gasteiger partial charge in [0, 0.05) is 17.1 Å². The van der Waals surface area contributed by atoms with Crippen LogP contribution in [0.3, 0.4) is 0 Å². The fraction of sp³-hybridized carbons (Fsp3) is 0.435. The first-order valence-corrected chi connectivity index (χ1v) is 10.2. The highest BCUT2D eigenvalue weighted by Gasteiger charge is 2.37. The van der Waals surface area contributed by atoms with Gasteiger partial charge in [-0.15, -0.1) is 0 Å². The molecule has 0 fully saturated rings. The summed E-state index contributed by atoms with van der Waals surface area (Å²) in [6.07, 6.45) is 3.87. The normalized spacial score (nSPS) is 17.7. The summed E-state index contributed by atoms with van der Waals surface area (Å²) < 4.78 is 0.953. The van der Waals surface area contributed by atoms with Gasteiger partial charge in [-0.25, -0.2) is 0 Å². The van der Waals surface area contributed by atoms with Crippen molar-refractivity contribution in [1.29, 1.82) is 0 Å². The monoisotopic (exact) mass is 428 g/mol. The number of benzene rings is 2. The van der Waals surface area contributed by atoms with Gasteiger partial charge in [-0.1, -0.05) is 38.9 Å². The third-order valence-corrected chi connectivity index (χ3v) is 6.68. The molecule has 0 aromatic heterocycles. The largest absolute Gasteiger partial charge is 0.411 e. The Bertz CT molecular complexity index is 913. The Morgan fingerprint density at radius 2 is 1.59 bits per heavy atom. The van der Waals surface area contributed by atoms with Gasteiger partial charge in [0.2, 0.25) is 0 Å². The van der Waals surface area contributed by atoms with Crippen molar-refractivity contribution in [3.8, 4) is 11.1 Å². The third-order valence-electron chi connectivity index (χ3n) is 6.06. The molecule has 0 bridgehead atoms. The maximum atomic E-state index is 8.98. The van der Waals surface area contributed by atoms with Crippen molar-refractivity contribution in [3.63, 3.8) is 0 Å². The highest BCUT2D eigenvalue weighted by atomic mass is 79.9. The van der Waals surface area contributed by atoms with E-state index in [2.05, 4.69) is 79.2 Å². The van der Waals surface area contributed by atoms with Crippen molar-refractivity contribution >= 4 is 27.8 Å². The quantitative estimate of drug-likeness (QED) is 0.327. The lowest BCUT2D eigenvalue weighted by atomic mass is 9.62. The summed E-state index contributed by atoms with van der Waals surface area (Å²) in [6, 6.07) is 8.79. The Labute approximate surface area is 171 Å². The van der Waals surface area contributed by atoms with Crippen LogP contribution in [0.15, 0.2) is 33.9 Å². The van der Waals surface area contributed by atoms with Crippen LogP contribution in [0.1, 0.15) is 62.8 Å². The molecule has 0 aliphatic heterocycles. The van der Waals surface area contributed by atoms with Gasteiger partial charge in [0.15, 0.2) is 0 Å². The summed E-state index contributed by atoms with van der Waals surface area (Å²) in [7, 11) is 1.93. The molecular formula is C23H29BrN2O. The van der Waals surface area contributed by atoms with Crippen LogP contribution in [0.4, 0.5) is 5.69 Å². The second-order valence-electron chi connectivity index (χ2n) is 8.90. The van der Waals surface area contributed by atoms with Crippen LogP contribution >= 0.6 is 15.9 Å². The number of hydrogen-bond donors (Lipinski definition) is 2. The van der Waals surface area contributed by atoms with E-state index in [9.17, 15) is 0 Å². The molecule has 2 aromatic carbocycles. The molecule has 3 nitrogen and oxygen atoms in total. The van der Waals surface area contributed by atoms with Crippen LogP contribution in [0.2, 0.25) is 0 Å². The summed E-state index contributed by atoms with van der Waals surface area (Å²) >= 11 is 3.66. The summed E-state index contributed by atoms with van der Waals surface area (Å²) in [5.74, 6) is 0. The van der Waals surface area contributed by atoms with Crippen LogP contribution in [0.25, 0.3) is 11.1 Å². The lowest BCUT2D eigenvalue weighted by Crippen LogP contribution is -2.34. The van der Waals surface area contributed by atoms with Crippen LogP contribution in [-0.2, 0) is 10.8 Å². The number of aryl methyl sites for hydroxylation is 1. The Kier molecular flexibility index (Phi) is 5.15. The van der Waals surface area contributed by atoms with E-state index in [1.54, 1.807) is 0 Å². The van der Waals surface area contributed by atoms with E-state index in [1.165, 1.54) is 41.3 Å². The van der Waals surface area contributed by atoms with Gasteiger partial charge in [0.05, 0.1) is 11.9 Å². The lowest BCUT2D eigenvalue weighted by Gasteiger charge is -2.42. The first-order valence-electron chi connectivity index (χ1n) is 9.45. The Morgan fingerprint density at radius 3 is 2.15 bits per heavy atom. The van der Waals surface area contributed by atoms with Gasteiger partial charge in [-0.2, -0.15) is 0 Å². The van der Waals surface area contributed by atoms with Gasteiger partial charge >= 0.3 is 0 Å². The summed E-state index contributed by atoms with van der Waals surface area (Å²) in [5, 5.41) is 15.5. The Balaban J connectivity index is 2.31. The molecule has 2 N–H and O–H groups in total. The minimum absolute atomic E-state index is 0.161. The number of fused-ring (bicyclic) bond motifs is 1. The average molecular weight is 429 g/mol. The molecule has 0 amide bonds. The third kappa shape index (κ3) is 3.52. The SMILES string of the molecule is CNc1c(Br)cc(/C=N/O)cc1-c1cc2c(cc1C)C(C)(C)CCC2(C)C. The number of nitrogens with zero attached hydrogens (tertiary/aromatic N) is 1. The first kappa shape index (κ1) is 19.9. The standard InChI is InChI=1S/C23H29BrN2O/c1-14-9-18-19(23(4,5)8-7-22(18,2)3)12-16(14)17-10-15(13-26-27)11-20(24)21(17)25-6/h9-13,25,27H,7-8H2,1-6H3/b26-13+. The van der Waals surface area contributed by atoms with Crippen molar-refractivity contribution in [2.75, 3.05) is 12.4 Å². The zero-order valence-corrected chi connectivity index (χ0v) is 18.7. The minimum Gasteiger partial charge on any atom is -0.411 e. The molecule has 0 unspecified atom stereocenters. The Morgan fingerprint density at radius 1 is 1.00 bits per heavy atom. The van der Waals surface area contributed by atoms with E-state index >= 15 is 0 Å². The molecule has 3 rings (SSSR count). The molecule has 4 heteroatoms. The predicted molar refractivity (Wildman–Crippen MR) is 119 cm³/mol. The van der Waals surface area contributed by atoms with Crippen molar-refractivity contribution in [1.82, 2.24) is 0 Å². The highest BCUT2D eigenvalue weighted by Crippen LogP contribution is 2.48. The Hall–Kier alpha value is -1.81. The van der Waals surface area contributed by atoms with Crippen LogP contribution in [-0.4, -0.2) is 18.5 Å². The highest BCUT2D eigenvalue weighted by molar-refractivity contribution is 9.10. The minimum atomic E-state index is 0.161. The van der Waals surface area contributed by atoms with Crippen molar-refractivity contribution in [3.05, 3.63) is 51.0 Å². The number of halogens is 1. The van der Waals surface area contributed by atoms with E-state index in [0.29, 0.717) is 0 Å². The molecule has 0 saturated carbocycles. The van der Waals surface area contributed by atoms with Gasteiger partial charge in [0.1, 0.15) is 0 Å². The van der Waals surface area contributed by atoms with Gasteiger partial charge in [-0.05, 0) is 92.5 Å². The number of hydrogen-bond acceptors (Lipinski definition) is 3. The number of oxime groups is 1. The number of rotatable bonds is 3. The molecule has 0 radical (unpaired) electrons. The molecule has 0 atom stereocenters. The van der Waals surface area contributed by atoms with Gasteiger partial charge in [-0.3, -0.25) is 0 Å². The van der Waals surface area contributed by atoms with Crippen LogP contribution in [0, 0.1) is 6.92 Å². The number of anilines is 1. The van der Waals surface area contributed by atoms with Crippen molar-refractivity contribution < 1.29 is 5.21 Å². The number of nitrogens with one attached hydrogen (secondary N) is 1. The molecule has 144 valence electrons. The van der Waals surface area contributed by atoms with E-state index in [0.717, 1.165) is 21.3 Å². The molecule has 0 spiro atoms. The lowest BCUT2D eigenvalue weighted by molar-refractivity contribution is 0.322. The van der Waals surface area contributed by atoms with Crippen LogP contribution < -0.4 is 5.32 Å². The molecule has 0 saturated heterocycles. The van der Waals surface area contributed by atoms with Crippen molar-refractivity contribution in [2.45, 2.75) is 58.3 Å². The van der Waals surface area contributed by atoms with Crippen LogP contribution in [0.5, 0.6) is 0 Å². The maximum absolute atomic E-state index is 8.98. The van der Waals surface area contributed by atoms with Crippen molar-refractivity contribution in [2.24, 2.45) is 5.16 Å². The summed E-state index contributed by atoms with van der Waals surface area (Å²) in [5.41, 5.74) is 8.77. The van der Waals surface area contributed by atoms with E-state index < -0.39 is 0 Å².